The molecular weight excluding hydrogens is 411 g/mol. The lowest BCUT2D eigenvalue weighted by Crippen LogP contribution is -2.24. The van der Waals surface area contributed by atoms with E-state index in [1.54, 1.807) is 13.8 Å². The molecule has 0 unspecified atom stereocenters. The first kappa shape index (κ1) is 19.8. The predicted molar refractivity (Wildman–Crippen MR) is 96.3 cm³/mol. The van der Waals surface area contributed by atoms with Crippen LogP contribution in [0.15, 0.2) is 36.4 Å². The van der Waals surface area contributed by atoms with Gasteiger partial charge in [-0.25, -0.2) is 0 Å². The second-order valence-electron chi connectivity index (χ2n) is 5.22. The van der Waals surface area contributed by atoms with Gasteiger partial charge < -0.3 is 8.37 Å². The molecule has 0 aromatic heterocycles. The summed E-state index contributed by atoms with van der Waals surface area (Å²) < 4.78 is 57.5. The van der Waals surface area contributed by atoms with Crippen molar-refractivity contribution in [3.05, 3.63) is 57.6 Å². The van der Waals surface area contributed by atoms with E-state index in [4.69, 9.17) is 31.6 Å². The van der Waals surface area contributed by atoms with Crippen molar-refractivity contribution in [1.29, 1.82) is 0 Å². The van der Waals surface area contributed by atoms with Crippen molar-refractivity contribution in [3.63, 3.8) is 0 Å². The van der Waals surface area contributed by atoms with Gasteiger partial charge in [0.2, 0.25) is 5.08 Å². The fraction of sp³-hybridized carbons (Fsp3) is 0.200. The zero-order valence-corrected chi connectivity index (χ0v) is 16.3. The minimum absolute atomic E-state index is 0.0422. The van der Waals surface area contributed by atoms with Gasteiger partial charge in [-0.05, 0) is 61.4 Å². The zero-order valence-electron chi connectivity index (χ0n) is 13.2. The third kappa shape index (κ3) is 5.78. The molecule has 2 aromatic carbocycles. The third-order valence-electron chi connectivity index (χ3n) is 2.99. The van der Waals surface area contributed by atoms with Gasteiger partial charge >= 0.3 is 20.2 Å². The Bertz CT molecular complexity index is 919. The highest BCUT2D eigenvalue weighted by Crippen LogP contribution is 2.24. The molecule has 0 atom stereocenters. The Morgan fingerprint density at radius 2 is 1.12 bits per heavy atom. The third-order valence-corrected chi connectivity index (χ3v) is 7.04. The summed E-state index contributed by atoms with van der Waals surface area (Å²) in [6.45, 7) is 3.31. The molecule has 0 aliphatic carbocycles. The standard InChI is InChI=1S/C15H14Cl2O6S2/c1-10-7-12(3-5-14(10)16)22-24(18,19)9-25(20,21)23-13-4-6-15(17)11(2)8-13/h3-8H,9H2,1-2H3. The minimum atomic E-state index is -4.44. The van der Waals surface area contributed by atoms with Crippen LogP contribution in [0, 0.1) is 13.8 Å². The second-order valence-corrected chi connectivity index (χ2v) is 9.54. The van der Waals surface area contributed by atoms with Crippen LogP contribution < -0.4 is 8.37 Å². The van der Waals surface area contributed by atoms with Crippen molar-refractivity contribution >= 4 is 43.4 Å². The maximum Gasteiger partial charge on any atom is 0.327 e. The molecule has 136 valence electrons. The van der Waals surface area contributed by atoms with Gasteiger partial charge in [0, 0.05) is 10.0 Å². The Morgan fingerprint density at radius 1 is 0.760 bits per heavy atom. The average Bonchev–Trinajstić information content (AvgIpc) is 2.45. The van der Waals surface area contributed by atoms with Gasteiger partial charge in [-0.3, -0.25) is 0 Å². The monoisotopic (exact) mass is 424 g/mol. The van der Waals surface area contributed by atoms with E-state index < -0.39 is 25.3 Å². The van der Waals surface area contributed by atoms with Crippen LogP contribution in [0.2, 0.25) is 10.0 Å². The number of aryl methyl sites for hydroxylation is 2. The van der Waals surface area contributed by atoms with Gasteiger partial charge in [0.1, 0.15) is 11.5 Å². The molecule has 10 heteroatoms. The van der Waals surface area contributed by atoms with Gasteiger partial charge in [-0.1, -0.05) is 23.2 Å². The Kier molecular flexibility index (Phi) is 5.88. The molecule has 0 aliphatic rings. The molecule has 0 saturated heterocycles. The summed E-state index contributed by atoms with van der Waals surface area (Å²) in [6, 6.07) is 8.31. The van der Waals surface area contributed by atoms with Crippen molar-refractivity contribution in [2.75, 3.05) is 5.08 Å². The van der Waals surface area contributed by atoms with Crippen molar-refractivity contribution in [1.82, 2.24) is 0 Å². The summed E-state index contributed by atoms with van der Waals surface area (Å²) >= 11 is 11.7. The molecule has 0 aliphatic heterocycles. The van der Waals surface area contributed by atoms with E-state index in [0.717, 1.165) is 0 Å². The largest absolute Gasteiger partial charge is 0.382 e. The number of hydrogen-bond donors (Lipinski definition) is 0. The van der Waals surface area contributed by atoms with E-state index in [2.05, 4.69) is 0 Å². The topological polar surface area (TPSA) is 86.7 Å². The highest BCUT2D eigenvalue weighted by atomic mass is 35.5. The van der Waals surface area contributed by atoms with E-state index >= 15 is 0 Å². The highest BCUT2D eigenvalue weighted by Gasteiger charge is 2.26. The average molecular weight is 425 g/mol. The van der Waals surface area contributed by atoms with Crippen LogP contribution in [0.5, 0.6) is 11.5 Å². The molecule has 0 fully saturated rings. The minimum Gasteiger partial charge on any atom is -0.382 e. The fourth-order valence-electron chi connectivity index (χ4n) is 1.86. The summed E-state index contributed by atoms with van der Waals surface area (Å²) in [7, 11) is -8.88. The quantitative estimate of drug-likeness (QED) is 0.657. The number of halogens is 2. The molecule has 0 bridgehead atoms. The van der Waals surface area contributed by atoms with E-state index in [1.807, 2.05) is 0 Å². The van der Waals surface area contributed by atoms with Crippen LogP contribution in [-0.4, -0.2) is 21.9 Å². The molecule has 0 N–H and O–H groups in total. The summed E-state index contributed by atoms with van der Waals surface area (Å²) in [6.07, 6.45) is 0. The zero-order chi connectivity index (χ0) is 18.8. The van der Waals surface area contributed by atoms with Crippen LogP contribution in [0.1, 0.15) is 11.1 Å². The molecule has 2 rings (SSSR count). The van der Waals surface area contributed by atoms with Gasteiger partial charge in [-0.15, -0.1) is 0 Å². The van der Waals surface area contributed by atoms with Crippen LogP contribution >= 0.6 is 23.2 Å². The first-order valence-electron chi connectivity index (χ1n) is 6.84. The highest BCUT2D eigenvalue weighted by molar-refractivity contribution is 8.04. The molecule has 0 saturated carbocycles. The predicted octanol–water partition coefficient (Wildman–Crippen LogP) is 3.69. The Morgan fingerprint density at radius 3 is 1.44 bits per heavy atom. The first-order valence-corrected chi connectivity index (χ1v) is 10.8. The second kappa shape index (κ2) is 7.41. The first-order chi connectivity index (χ1) is 11.5. The van der Waals surface area contributed by atoms with Crippen LogP contribution in [-0.2, 0) is 20.2 Å². The number of benzene rings is 2. The lowest BCUT2D eigenvalue weighted by Gasteiger charge is -2.10. The van der Waals surface area contributed by atoms with E-state index in [-0.39, 0.29) is 11.5 Å². The van der Waals surface area contributed by atoms with E-state index in [0.29, 0.717) is 21.2 Å². The van der Waals surface area contributed by atoms with Crippen LogP contribution in [0.4, 0.5) is 0 Å². The van der Waals surface area contributed by atoms with Crippen molar-refractivity contribution in [2.45, 2.75) is 13.8 Å². The van der Waals surface area contributed by atoms with Gasteiger partial charge in [0.25, 0.3) is 0 Å². The van der Waals surface area contributed by atoms with Crippen molar-refractivity contribution in [2.24, 2.45) is 0 Å². The Labute approximate surface area is 156 Å². The summed E-state index contributed by atoms with van der Waals surface area (Å²) in [4.78, 5) is 0. The summed E-state index contributed by atoms with van der Waals surface area (Å²) in [5.41, 5.74) is 1.18. The lowest BCUT2D eigenvalue weighted by molar-refractivity contribution is 0.475. The van der Waals surface area contributed by atoms with E-state index in [9.17, 15) is 16.8 Å². The number of rotatable bonds is 6. The maximum absolute atomic E-state index is 12.0. The summed E-state index contributed by atoms with van der Waals surface area (Å²) in [5, 5.41) is -0.485. The smallest absolute Gasteiger partial charge is 0.327 e. The normalized spacial score (nSPS) is 12.0. The SMILES string of the molecule is Cc1cc(OS(=O)(=O)CS(=O)(=O)Oc2ccc(Cl)c(C)c2)ccc1Cl. The van der Waals surface area contributed by atoms with E-state index in [1.165, 1.54) is 36.4 Å². The van der Waals surface area contributed by atoms with Gasteiger partial charge in [0.05, 0.1) is 0 Å². The molecule has 0 heterocycles. The Hall–Kier alpha value is -1.48. The molecule has 2 aromatic rings. The van der Waals surface area contributed by atoms with Crippen molar-refractivity contribution < 1.29 is 25.2 Å². The van der Waals surface area contributed by atoms with Crippen molar-refractivity contribution in [3.8, 4) is 11.5 Å². The number of hydrogen-bond acceptors (Lipinski definition) is 6. The lowest BCUT2D eigenvalue weighted by atomic mass is 10.2. The summed E-state index contributed by atoms with van der Waals surface area (Å²) in [5.74, 6) is -0.0844. The molecular formula is C15H14Cl2O6S2. The Balaban J connectivity index is 2.14. The van der Waals surface area contributed by atoms with Gasteiger partial charge in [-0.2, -0.15) is 16.8 Å². The fourth-order valence-corrected chi connectivity index (χ4v) is 4.68. The van der Waals surface area contributed by atoms with Crippen LogP contribution in [0.25, 0.3) is 0 Å². The maximum atomic E-state index is 12.0. The van der Waals surface area contributed by atoms with Gasteiger partial charge in [0.15, 0.2) is 0 Å². The molecule has 0 radical (unpaired) electrons. The molecule has 0 amide bonds. The van der Waals surface area contributed by atoms with Crippen LogP contribution in [0.3, 0.4) is 0 Å². The molecule has 0 spiro atoms. The molecule has 25 heavy (non-hydrogen) atoms. The molecule has 6 nitrogen and oxygen atoms in total.